The Labute approximate surface area is 296 Å². The third kappa shape index (κ3) is 7.54. The average molecular weight is 713 g/mol. The summed E-state index contributed by atoms with van der Waals surface area (Å²) in [6.45, 7) is 9.04. The number of anilines is 2. The molecule has 0 spiro atoms. The first kappa shape index (κ1) is 36.5. The number of carbonyl (C=O) groups excluding carboxylic acids is 3. The Kier molecular flexibility index (Phi) is 10.3. The van der Waals surface area contributed by atoms with Gasteiger partial charge in [-0.2, -0.15) is 5.10 Å². The van der Waals surface area contributed by atoms with Gasteiger partial charge in [0.25, 0.3) is 6.43 Å². The molecule has 2 unspecified atom stereocenters. The SMILES string of the molecule is CC(C1CCC(n2cc(NC(=O)OC(C)(C)C)c(C(F)F)n2)CC1)N(C)C1CCN(c2cccc3c2n(C)c(=O)n3C2CCC(=O)NC2=O)CC1. The van der Waals surface area contributed by atoms with Crippen molar-refractivity contribution < 1.29 is 27.9 Å². The van der Waals surface area contributed by atoms with E-state index in [1.807, 2.05) is 18.2 Å². The van der Waals surface area contributed by atoms with Gasteiger partial charge in [0, 0.05) is 44.8 Å². The molecule has 13 nitrogen and oxygen atoms in total. The lowest BCUT2D eigenvalue weighted by molar-refractivity contribution is -0.135. The van der Waals surface area contributed by atoms with Crippen molar-refractivity contribution in [3.63, 3.8) is 0 Å². The van der Waals surface area contributed by atoms with E-state index in [1.54, 1.807) is 37.1 Å². The maximum absolute atomic E-state index is 13.8. The van der Waals surface area contributed by atoms with Crippen molar-refractivity contribution in [1.82, 2.24) is 29.1 Å². The number of piperidine rings is 2. The second-order valence-corrected chi connectivity index (χ2v) is 15.4. The zero-order chi connectivity index (χ0) is 36.8. The number of halogens is 2. The molecule has 3 aromatic rings. The van der Waals surface area contributed by atoms with Crippen molar-refractivity contribution in [3.05, 3.63) is 40.6 Å². The van der Waals surface area contributed by atoms with Gasteiger partial charge in [0.1, 0.15) is 11.6 Å². The molecule has 2 saturated heterocycles. The van der Waals surface area contributed by atoms with E-state index in [1.165, 1.54) is 10.8 Å². The Morgan fingerprint density at radius 1 is 1.06 bits per heavy atom. The first-order chi connectivity index (χ1) is 24.1. The molecule has 3 amide bonds. The summed E-state index contributed by atoms with van der Waals surface area (Å²) in [6, 6.07) is 5.77. The summed E-state index contributed by atoms with van der Waals surface area (Å²) >= 11 is 0. The van der Waals surface area contributed by atoms with Crippen LogP contribution in [0.1, 0.15) is 103 Å². The monoisotopic (exact) mass is 712 g/mol. The van der Waals surface area contributed by atoms with E-state index < -0.39 is 35.8 Å². The van der Waals surface area contributed by atoms with Crippen molar-refractivity contribution in [2.24, 2.45) is 13.0 Å². The van der Waals surface area contributed by atoms with Gasteiger partial charge in [-0.05, 0) is 97.7 Å². The molecule has 2 aromatic heterocycles. The van der Waals surface area contributed by atoms with Gasteiger partial charge in [-0.1, -0.05) is 6.07 Å². The van der Waals surface area contributed by atoms with Gasteiger partial charge in [0.2, 0.25) is 11.8 Å². The van der Waals surface area contributed by atoms with Crippen LogP contribution < -0.4 is 21.2 Å². The Morgan fingerprint density at radius 2 is 1.75 bits per heavy atom. The van der Waals surface area contributed by atoms with Gasteiger partial charge < -0.3 is 14.5 Å². The van der Waals surface area contributed by atoms with Crippen molar-refractivity contribution in [3.8, 4) is 0 Å². The predicted molar refractivity (Wildman–Crippen MR) is 189 cm³/mol. The fourth-order valence-corrected chi connectivity index (χ4v) is 8.19. The second kappa shape index (κ2) is 14.4. The van der Waals surface area contributed by atoms with Gasteiger partial charge in [-0.3, -0.25) is 34.0 Å². The van der Waals surface area contributed by atoms with Crippen LogP contribution >= 0.6 is 0 Å². The number of hydrogen-bond acceptors (Lipinski definition) is 8. The zero-order valence-corrected chi connectivity index (χ0v) is 30.3. The first-order valence-corrected chi connectivity index (χ1v) is 18.0. The number of ether oxygens (including phenoxy) is 1. The molecular formula is C36H50F2N8O5. The quantitative estimate of drug-likeness (QED) is 0.292. The van der Waals surface area contributed by atoms with Gasteiger partial charge in [-0.15, -0.1) is 0 Å². The largest absolute Gasteiger partial charge is 0.444 e. The highest BCUT2D eigenvalue weighted by Gasteiger charge is 2.35. The maximum Gasteiger partial charge on any atom is 0.412 e. The molecule has 278 valence electrons. The number of rotatable bonds is 8. The van der Waals surface area contributed by atoms with E-state index in [4.69, 9.17) is 4.74 Å². The third-order valence-corrected chi connectivity index (χ3v) is 11.0. The van der Waals surface area contributed by atoms with Crippen LogP contribution in [0.5, 0.6) is 0 Å². The fraction of sp³-hybridized carbons (Fsp3) is 0.639. The number of carbonyl (C=O) groups is 3. The minimum atomic E-state index is -2.83. The normalized spacial score (nSPS) is 22.9. The molecule has 1 saturated carbocycles. The highest BCUT2D eigenvalue weighted by molar-refractivity contribution is 6.00. The molecular weight excluding hydrogens is 662 g/mol. The molecule has 4 heterocycles. The summed E-state index contributed by atoms with van der Waals surface area (Å²) in [5.41, 5.74) is 0.936. The lowest BCUT2D eigenvalue weighted by Gasteiger charge is -2.43. The summed E-state index contributed by atoms with van der Waals surface area (Å²) in [7, 11) is 3.93. The van der Waals surface area contributed by atoms with Crippen LogP contribution in [0.4, 0.5) is 25.0 Å². The summed E-state index contributed by atoms with van der Waals surface area (Å²) in [5, 5.41) is 9.02. The van der Waals surface area contributed by atoms with E-state index in [-0.39, 0.29) is 29.7 Å². The Morgan fingerprint density at radius 3 is 2.37 bits per heavy atom. The molecule has 2 N–H and O–H groups in total. The summed E-state index contributed by atoms with van der Waals surface area (Å²) in [4.78, 5) is 55.0. The number of hydrogen-bond donors (Lipinski definition) is 2. The van der Waals surface area contributed by atoms with Crippen LogP contribution in [0, 0.1) is 5.92 Å². The van der Waals surface area contributed by atoms with Crippen LogP contribution in [0.2, 0.25) is 0 Å². The van der Waals surface area contributed by atoms with E-state index in [0.717, 1.165) is 62.8 Å². The third-order valence-electron chi connectivity index (χ3n) is 11.0. The van der Waals surface area contributed by atoms with Crippen molar-refractivity contribution in [2.75, 3.05) is 30.4 Å². The number of imide groups is 1. The Hall–Kier alpha value is -4.27. The van der Waals surface area contributed by atoms with Crippen LogP contribution in [0.15, 0.2) is 29.2 Å². The van der Waals surface area contributed by atoms with Gasteiger partial charge in [-0.25, -0.2) is 18.4 Å². The lowest BCUT2D eigenvalue weighted by Crippen LogP contribution is -2.49. The van der Waals surface area contributed by atoms with Gasteiger partial charge >= 0.3 is 11.8 Å². The zero-order valence-electron chi connectivity index (χ0n) is 30.3. The summed E-state index contributed by atoms with van der Waals surface area (Å²) < 4.78 is 37.7. The molecule has 3 fully saturated rings. The second-order valence-electron chi connectivity index (χ2n) is 15.4. The van der Waals surface area contributed by atoms with Crippen molar-refractivity contribution >= 4 is 40.3 Å². The summed E-state index contributed by atoms with van der Waals surface area (Å²) in [5.74, 6) is -0.310. The van der Waals surface area contributed by atoms with E-state index >= 15 is 0 Å². The topological polar surface area (TPSA) is 136 Å². The van der Waals surface area contributed by atoms with E-state index in [9.17, 15) is 28.0 Å². The number of amides is 3. The number of aromatic nitrogens is 4. The smallest absolute Gasteiger partial charge is 0.412 e. The maximum atomic E-state index is 13.8. The van der Waals surface area contributed by atoms with Crippen LogP contribution in [0.3, 0.4) is 0 Å². The molecule has 2 atom stereocenters. The van der Waals surface area contributed by atoms with Crippen LogP contribution in [0.25, 0.3) is 11.0 Å². The minimum absolute atomic E-state index is 0.0221. The van der Waals surface area contributed by atoms with E-state index in [0.29, 0.717) is 29.9 Å². The Bertz CT molecular complexity index is 1830. The number of para-hydroxylation sites is 1. The minimum Gasteiger partial charge on any atom is -0.444 e. The summed E-state index contributed by atoms with van der Waals surface area (Å²) in [6.07, 6.45) is 3.76. The number of benzene rings is 1. The number of imidazole rings is 1. The van der Waals surface area contributed by atoms with Crippen LogP contribution in [-0.2, 0) is 21.4 Å². The Balaban J connectivity index is 1.06. The number of fused-ring (bicyclic) bond motifs is 1. The molecule has 51 heavy (non-hydrogen) atoms. The molecule has 0 bridgehead atoms. The lowest BCUT2D eigenvalue weighted by atomic mass is 9.81. The molecule has 15 heteroatoms. The molecule has 6 rings (SSSR count). The number of alkyl halides is 2. The number of nitrogens with zero attached hydrogens (tertiary/aromatic N) is 6. The first-order valence-electron chi connectivity index (χ1n) is 18.0. The number of nitrogens with one attached hydrogen (secondary N) is 2. The molecule has 0 radical (unpaired) electrons. The molecule has 3 aliphatic rings. The number of aryl methyl sites for hydroxylation is 1. The fourth-order valence-electron chi connectivity index (χ4n) is 8.19. The highest BCUT2D eigenvalue weighted by atomic mass is 19.3. The van der Waals surface area contributed by atoms with Gasteiger partial charge in [0.05, 0.1) is 28.5 Å². The average Bonchev–Trinajstić information content (AvgIpc) is 3.61. The van der Waals surface area contributed by atoms with Gasteiger partial charge in [0.15, 0.2) is 5.69 Å². The molecule has 2 aliphatic heterocycles. The van der Waals surface area contributed by atoms with Crippen LogP contribution in [-0.4, -0.2) is 79.5 Å². The molecule has 1 aromatic carbocycles. The molecule has 1 aliphatic carbocycles. The predicted octanol–water partition coefficient (Wildman–Crippen LogP) is 5.52. The van der Waals surface area contributed by atoms with Crippen molar-refractivity contribution in [2.45, 2.75) is 115 Å². The van der Waals surface area contributed by atoms with Crippen molar-refractivity contribution in [1.29, 1.82) is 0 Å². The standard InChI is InChI=1S/C36H50F2N8O5/c1-21(22-10-12-24(13-11-22)45-20-25(30(41-45)32(37)38)39-34(49)51-36(2,3)4)42(5)23-16-18-44(19-17-23)26-8-7-9-27-31(26)43(6)35(50)46(27)28-14-15-29(47)40-33(28)48/h7-9,20-24,28,32H,10-19H2,1-6H3,(H,39,49)(H,40,47,48). The van der Waals surface area contributed by atoms with E-state index in [2.05, 4.69) is 39.5 Å². The highest BCUT2D eigenvalue weighted by Crippen LogP contribution is 2.38.